The summed E-state index contributed by atoms with van der Waals surface area (Å²) in [4.78, 5) is 11.3. The maximum Gasteiger partial charge on any atom is 0.335 e. The summed E-state index contributed by atoms with van der Waals surface area (Å²) in [5.74, 6) is -0.300. The lowest BCUT2D eigenvalue weighted by molar-refractivity contribution is 0.0695. The highest BCUT2D eigenvalue weighted by Crippen LogP contribution is 2.50. The third kappa shape index (κ3) is 2.52. The molecule has 3 rings (SSSR count). The molecule has 0 spiro atoms. The van der Waals surface area contributed by atoms with Crippen LogP contribution in [-0.4, -0.2) is 16.2 Å². The molecule has 4 nitrogen and oxygen atoms in total. The van der Waals surface area contributed by atoms with E-state index in [9.17, 15) is 15.0 Å². The van der Waals surface area contributed by atoms with E-state index in [2.05, 4.69) is 20.8 Å². The Morgan fingerprint density at radius 2 is 1.79 bits per heavy atom. The Hall–Kier alpha value is -2.49. The molecule has 0 radical (unpaired) electrons. The molecule has 2 aromatic rings. The fourth-order valence-corrected chi connectivity index (χ4v) is 3.12. The van der Waals surface area contributed by atoms with Gasteiger partial charge in [0.2, 0.25) is 0 Å². The molecular weight excluding hydrogens is 304 g/mol. The highest BCUT2D eigenvalue weighted by molar-refractivity contribution is 5.92. The van der Waals surface area contributed by atoms with Gasteiger partial charge in [-0.1, -0.05) is 26.8 Å². The molecule has 126 valence electrons. The molecule has 0 aromatic heterocycles. The van der Waals surface area contributed by atoms with Gasteiger partial charge in [-0.3, -0.25) is 0 Å². The summed E-state index contributed by atoms with van der Waals surface area (Å²) in [7, 11) is 0. The van der Waals surface area contributed by atoms with Gasteiger partial charge in [0.25, 0.3) is 0 Å². The number of benzene rings is 2. The average Bonchev–Trinajstić information content (AvgIpc) is 2.44. The molecule has 0 amide bonds. The minimum Gasteiger partial charge on any atom is -0.507 e. The van der Waals surface area contributed by atoms with Crippen LogP contribution in [0.3, 0.4) is 0 Å². The normalized spacial score (nSPS) is 15.2. The number of ether oxygens (including phenoxy) is 1. The Balaban J connectivity index is 2.32. The van der Waals surface area contributed by atoms with Gasteiger partial charge in [0.15, 0.2) is 0 Å². The Kier molecular flexibility index (Phi) is 3.41. The molecule has 2 N–H and O–H groups in total. The van der Waals surface area contributed by atoms with Gasteiger partial charge in [0, 0.05) is 5.56 Å². The summed E-state index contributed by atoms with van der Waals surface area (Å²) < 4.78 is 6.16. The van der Waals surface area contributed by atoms with E-state index < -0.39 is 11.6 Å². The van der Waals surface area contributed by atoms with Crippen molar-refractivity contribution in [2.24, 2.45) is 0 Å². The second-order valence-electron chi connectivity index (χ2n) is 7.80. The molecule has 0 fully saturated rings. The Morgan fingerprint density at radius 3 is 2.38 bits per heavy atom. The lowest BCUT2D eigenvalue weighted by Crippen LogP contribution is -2.30. The van der Waals surface area contributed by atoms with Gasteiger partial charge in [-0.2, -0.15) is 0 Å². The Morgan fingerprint density at radius 1 is 1.12 bits per heavy atom. The largest absolute Gasteiger partial charge is 0.507 e. The van der Waals surface area contributed by atoms with Crippen molar-refractivity contribution >= 4 is 5.97 Å². The van der Waals surface area contributed by atoms with E-state index in [1.807, 2.05) is 19.9 Å². The number of fused-ring (bicyclic) bond motifs is 3. The number of carboxylic acids is 1. The summed E-state index contributed by atoms with van der Waals surface area (Å²) in [6.07, 6.45) is 0. The van der Waals surface area contributed by atoms with Crippen LogP contribution in [0.25, 0.3) is 11.1 Å². The van der Waals surface area contributed by atoms with Crippen LogP contribution < -0.4 is 4.74 Å². The number of aromatic hydroxyl groups is 1. The molecule has 0 unspecified atom stereocenters. The zero-order valence-corrected chi connectivity index (χ0v) is 14.6. The number of carbonyl (C=O) groups is 1. The molecule has 24 heavy (non-hydrogen) atoms. The van der Waals surface area contributed by atoms with Crippen molar-refractivity contribution in [3.8, 4) is 22.6 Å². The molecule has 1 heterocycles. The number of phenolic OH excluding ortho intramolecular Hbond substituents is 1. The zero-order chi connectivity index (χ0) is 17.9. The fraction of sp³-hybridized carbons (Fsp3) is 0.350. The van der Waals surface area contributed by atoms with Crippen molar-refractivity contribution < 1.29 is 19.7 Å². The zero-order valence-electron chi connectivity index (χ0n) is 14.6. The van der Waals surface area contributed by atoms with Crippen LogP contribution in [0.4, 0.5) is 0 Å². The van der Waals surface area contributed by atoms with E-state index in [0.717, 1.165) is 11.1 Å². The van der Waals surface area contributed by atoms with Gasteiger partial charge in [-0.25, -0.2) is 4.79 Å². The van der Waals surface area contributed by atoms with Crippen molar-refractivity contribution in [1.29, 1.82) is 0 Å². The van der Waals surface area contributed by atoms with E-state index in [1.54, 1.807) is 24.3 Å². The minimum atomic E-state index is -0.991. The third-order valence-corrected chi connectivity index (χ3v) is 4.50. The second-order valence-corrected chi connectivity index (χ2v) is 7.80. The van der Waals surface area contributed by atoms with Crippen molar-refractivity contribution in [2.45, 2.75) is 45.6 Å². The molecule has 2 aromatic carbocycles. The van der Waals surface area contributed by atoms with Crippen LogP contribution in [0.5, 0.6) is 11.5 Å². The summed E-state index contributed by atoms with van der Waals surface area (Å²) in [6.45, 7) is 10.1. The Bertz CT molecular complexity index is 841. The first-order chi connectivity index (χ1) is 11.0. The standard InChI is InChI=1S/C20H22O4/c1-19(2,3)12-9-15(21)17-13-8-11(18(22)23)6-7-14(13)20(4,5)24-16(17)10-12/h6-10,21H,1-5H3,(H,22,23). The van der Waals surface area contributed by atoms with Crippen molar-refractivity contribution in [1.82, 2.24) is 0 Å². The highest BCUT2D eigenvalue weighted by atomic mass is 16.5. The smallest absolute Gasteiger partial charge is 0.335 e. The summed E-state index contributed by atoms with van der Waals surface area (Å²) >= 11 is 0. The average molecular weight is 326 g/mol. The topological polar surface area (TPSA) is 66.8 Å². The summed E-state index contributed by atoms with van der Waals surface area (Å²) in [6, 6.07) is 8.61. The van der Waals surface area contributed by atoms with Crippen LogP contribution in [0.1, 0.15) is 56.1 Å². The molecule has 0 saturated carbocycles. The van der Waals surface area contributed by atoms with Crippen LogP contribution >= 0.6 is 0 Å². The number of hydrogen-bond donors (Lipinski definition) is 2. The minimum absolute atomic E-state index is 0.108. The van der Waals surface area contributed by atoms with E-state index >= 15 is 0 Å². The van der Waals surface area contributed by atoms with Gasteiger partial charge in [-0.05, 0) is 54.7 Å². The maximum absolute atomic E-state index is 11.3. The van der Waals surface area contributed by atoms with Gasteiger partial charge in [-0.15, -0.1) is 0 Å². The van der Waals surface area contributed by atoms with E-state index in [1.165, 1.54) is 0 Å². The van der Waals surface area contributed by atoms with Crippen LogP contribution in [-0.2, 0) is 11.0 Å². The first-order valence-corrected chi connectivity index (χ1v) is 7.95. The molecule has 1 aliphatic heterocycles. The van der Waals surface area contributed by atoms with E-state index in [4.69, 9.17) is 4.74 Å². The quantitative estimate of drug-likeness (QED) is 0.798. The predicted molar refractivity (Wildman–Crippen MR) is 92.9 cm³/mol. The molecule has 0 atom stereocenters. The lowest BCUT2D eigenvalue weighted by Gasteiger charge is -2.36. The van der Waals surface area contributed by atoms with E-state index in [0.29, 0.717) is 16.9 Å². The van der Waals surface area contributed by atoms with E-state index in [-0.39, 0.29) is 16.7 Å². The van der Waals surface area contributed by atoms with Crippen LogP contribution in [0.2, 0.25) is 0 Å². The highest BCUT2D eigenvalue weighted by Gasteiger charge is 2.35. The first kappa shape index (κ1) is 16.4. The van der Waals surface area contributed by atoms with Gasteiger partial charge >= 0.3 is 5.97 Å². The molecule has 4 heteroatoms. The van der Waals surface area contributed by atoms with Gasteiger partial charge < -0.3 is 14.9 Å². The number of aromatic carboxylic acids is 1. The Labute approximate surface area is 141 Å². The van der Waals surface area contributed by atoms with Crippen molar-refractivity contribution in [3.05, 3.63) is 47.0 Å². The molecule has 0 aliphatic carbocycles. The predicted octanol–water partition coefficient (Wildman–Crippen LogP) is 4.68. The molecule has 1 aliphatic rings. The SMILES string of the molecule is CC(C)(C)c1cc(O)c2c(c1)OC(C)(C)c1ccc(C(=O)O)cc1-2. The monoisotopic (exact) mass is 326 g/mol. The van der Waals surface area contributed by atoms with Crippen molar-refractivity contribution in [3.63, 3.8) is 0 Å². The number of rotatable bonds is 1. The summed E-state index contributed by atoms with van der Waals surface area (Å²) in [5.41, 5.74) is 2.54. The molecule has 0 bridgehead atoms. The molecule has 0 saturated heterocycles. The first-order valence-electron chi connectivity index (χ1n) is 7.95. The van der Waals surface area contributed by atoms with Gasteiger partial charge in [0.1, 0.15) is 17.1 Å². The van der Waals surface area contributed by atoms with Crippen LogP contribution in [0.15, 0.2) is 30.3 Å². The fourth-order valence-electron chi connectivity index (χ4n) is 3.12. The van der Waals surface area contributed by atoms with Crippen molar-refractivity contribution in [2.75, 3.05) is 0 Å². The number of phenols is 1. The van der Waals surface area contributed by atoms with Gasteiger partial charge in [0.05, 0.1) is 11.1 Å². The molecular formula is C20H22O4. The second kappa shape index (κ2) is 5.00. The van der Waals surface area contributed by atoms with Crippen LogP contribution in [0, 0.1) is 0 Å². The lowest BCUT2D eigenvalue weighted by atomic mass is 9.81. The maximum atomic E-state index is 11.3. The number of carboxylic acid groups (broad SMARTS) is 1. The third-order valence-electron chi connectivity index (χ3n) is 4.50. The summed E-state index contributed by atoms with van der Waals surface area (Å²) in [5, 5.41) is 19.9. The number of hydrogen-bond acceptors (Lipinski definition) is 3.